The molecule has 0 aliphatic carbocycles. The van der Waals surface area contributed by atoms with Gasteiger partial charge < -0.3 is 9.47 Å². The van der Waals surface area contributed by atoms with Gasteiger partial charge in [-0.3, -0.25) is 0 Å². The molecule has 2 rings (SSSR count). The van der Waals surface area contributed by atoms with Crippen LogP contribution in [0.1, 0.15) is 30.9 Å². The van der Waals surface area contributed by atoms with E-state index < -0.39 is 0 Å². The van der Waals surface area contributed by atoms with E-state index in [1.54, 1.807) is 0 Å². The highest BCUT2D eigenvalue weighted by molar-refractivity contribution is 5.50. The summed E-state index contributed by atoms with van der Waals surface area (Å²) in [4.78, 5) is 0. The molecular formula is C15H20O2. The highest BCUT2D eigenvalue weighted by atomic mass is 16.7. The Bertz CT molecular complexity index is 348. The summed E-state index contributed by atoms with van der Waals surface area (Å²) in [7, 11) is 0. The van der Waals surface area contributed by atoms with Crippen molar-refractivity contribution in [1.82, 2.24) is 0 Å². The lowest BCUT2D eigenvalue weighted by atomic mass is 10.1. The van der Waals surface area contributed by atoms with Crippen LogP contribution in [0.25, 0.3) is 6.08 Å². The quantitative estimate of drug-likeness (QED) is 0.774. The van der Waals surface area contributed by atoms with Crippen LogP contribution < -0.4 is 0 Å². The van der Waals surface area contributed by atoms with Crippen molar-refractivity contribution >= 4 is 6.08 Å². The van der Waals surface area contributed by atoms with Crippen LogP contribution in [0.2, 0.25) is 0 Å². The van der Waals surface area contributed by atoms with Gasteiger partial charge in [0.2, 0.25) is 0 Å². The molecule has 0 atom stereocenters. The minimum absolute atomic E-state index is 0.158. The Morgan fingerprint density at radius 3 is 2.53 bits per heavy atom. The predicted octanol–water partition coefficient (Wildman–Crippen LogP) is 3.42. The van der Waals surface area contributed by atoms with Gasteiger partial charge in [-0.25, -0.2) is 0 Å². The van der Waals surface area contributed by atoms with Crippen LogP contribution in [-0.2, 0) is 15.9 Å². The van der Waals surface area contributed by atoms with E-state index in [1.807, 2.05) is 6.08 Å². The van der Waals surface area contributed by atoms with Crippen molar-refractivity contribution < 1.29 is 9.47 Å². The van der Waals surface area contributed by atoms with Crippen molar-refractivity contribution in [1.29, 1.82) is 0 Å². The molecule has 1 aliphatic rings. The zero-order chi connectivity index (χ0) is 11.9. The van der Waals surface area contributed by atoms with Crippen molar-refractivity contribution in [2.75, 3.05) is 13.2 Å². The number of hydrogen-bond acceptors (Lipinski definition) is 2. The molecule has 1 aromatic carbocycles. The van der Waals surface area contributed by atoms with E-state index in [4.69, 9.17) is 9.47 Å². The van der Waals surface area contributed by atoms with Gasteiger partial charge in [0.05, 0.1) is 13.2 Å². The van der Waals surface area contributed by atoms with Crippen LogP contribution in [0.5, 0.6) is 0 Å². The molecule has 1 saturated heterocycles. The molecule has 1 fully saturated rings. The fraction of sp³-hybridized carbons (Fsp3) is 0.467. The van der Waals surface area contributed by atoms with Crippen LogP contribution in [0.15, 0.2) is 30.3 Å². The lowest BCUT2D eigenvalue weighted by molar-refractivity contribution is -0.000907. The van der Waals surface area contributed by atoms with Gasteiger partial charge in [-0.2, -0.15) is 0 Å². The van der Waals surface area contributed by atoms with Crippen molar-refractivity contribution in [2.24, 2.45) is 0 Å². The lowest BCUT2D eigenvalue weighted by Gasteiger charge is -2.03. The highest BCUT2D eigenvalue weighted by Gasteiger charge is 2.11. The van der Waals surface area contributed by atoms with Gasteiger partial charge in [-0.05, 0) is 30.0 Å². The van der Waals surface area contributed by atoms with Crippen LogP contribution in [-0.4, -0.2) is 19.5 Å². The minimum Gasteiger partial charge on any atom is -0.347 e. The molecule has 2 heteroatoms. The molecule has 0 amide bonds. The second kappa shape index (κ2) is 6.58. The molecule has 92 valence electrons. The molecule has 2 nitrogen and oxygen atoms in total. The number of hydrogen-bond donors (Lipinski definition) is 0. The summed E-state index contributed by atoms with van der Waals surface area (Å²) in [6.07, 6.45) is 7.55. The van der Waals surface area contributed by atoms with Gasteiger partial charge in [0, 0.05) is 0 Å². The molecule has 1 aliphatic heterocycles. The molecule has 0 aromatic heterocycles. The summed E-state index contributed by atoms with van der Waals surface area (Å²) in [5.74, 6) is 0. The second-order valence-electron chi connectivity index (χ2n) is 4.31. The Balaban J connectivity index is 1.88. The summed E-state index contributed by atoms with van der Waals surface area (Å²) < 4.78 is 10.7. The maximum absolute atomic E-state index is 5.34. The molecule has 17 heavy (non-hydrogen) atoms. The first-order valence-electron chi connectivity index (χ1n) is 6.39. The molecule has 0 spiro atoms. The predicted molar refractivity (Wildman–Crippen MR) is 69.8 cm³/mol. The number of rotatable bonds is 5. The van der Waals surface area contributed by atoms with E-state index in [9.17, 15) is 0 Å². The van der Waals surface area contributed by atoms with Crippen LogP contribution in [0, 0.1) is 0 Å². The first kappa shape index (κ1) is 12.3. The van der Waals surface area contributed by atoms with Gasteiger partial charge in [0.15, 0.2) is 6.29 Å². The smallest absolute Gasteiger partial charge is 0.177 e. The Morgan fingerprint density at radius 2 is 1.88 bits per heavy atom. The summed E-state index contributed by atoms with van der Waals surface area (Å²) in [6, 6.07) is 8.70. The van der Waals surface area contributed by atoms with E-state index in [0.717, 1.165) is 0 Å². The number of benzene rings is 1. The Morgan fingerprint density at radius 1 is 1.18 bits per heavy atom. The van der Waals surface area contributed by atoms with Gasteiger partial charge in [-0.15, -0.1) is 0 Å². The second-order valence-corrected chi connectivity index (χ2v) is 4.31. The van der Waals surface area contributed by atoms with Gasteiger partial charge in [0.1, 0.15) is 0 Å². The zero-order valence-corrected chi connectivity index (χ0v) is 10.4. The lowest BCUT2D eigenvalue weighted by Crippen LogP contribution is -2.01. The topological polar surface area (TPSA) is 18.5 Å². The molecule has 0 N–H and O–H groups in total. The molecule has 1 aromatic rings. The van der Waals surface area contributed by atoms with E-state index in [2.05, 4.69) is 37.3 Å². The zero-order valence-electron chi connectivity index (χ0n) is 10.4. The van der Waals surface area contributed by atoms with Gasteiger partial charge in [0.25, 0.3) is 0 Å². The third-order valence-electron chi connectivity index (χ3n) is 2.89. The van der Waals surface area contributed by atoms with Crippen LogP contribution in [0.3, 0.4) is 0 Å². The third kappa shape index (κ3) is 3.99. The molecule has 0 radical (unpaired) electrons. The molecular weight excluding hydrogens is 212 g/mol. The fourth-order valence-corrected chi connectivity index (χ4v) is 1.85. The molecule has 0 unspecified atom stereocenters. The summed E-state index contributed by atoms with van der Waals surface area (Å²) in [5, 5.41) is 0. The number of aryl methyl sites for hydroxylation is 1. The maximum atomic E-state index is 5.34. The largest absolute Gasteiger partial charge is 0.347 e. The SMILES string of the molecule is CCCCc1ccc(/C=C/C2OCCO2)cc1. The third-order valence-corrected chi connectivity index (χ3v) is 2.89. The first-order chi connectivity index (χ1) is 8.38. The van der Waals surface area contributed by atoms with E-state index in [1.165, 1.54) is 30.4 Å². The minimum atomic E-state index is -0.158. The molecule has 0 bridgehead atoms. The van der Waals surface area contributed by atoms with Crippen LogP contribution in [0.4, 0.5) is 0 Å². The van der Waals surface area contributed by atoms with Crippen molar-refractivity contribution in [3.8, 4) is 0 Å². The average molecular weight is 232 g/mol. The standard InChI is InChI=1S/C15H20O2/c1-2-3-4-13-5-7-14(8-6-13)9-10-15-16-11-12-17-15/h5-10,15H,2-4,11-12H2,1H3/b10-9+. The number of unbranched alkanes of at least 4 members (excludes halogenated alkanes) is 1. The van der Waals surface area contributed by atoms with E-state index in [0.29, 0.717) is 13.2 Å². The fourth-order valence-electron chi connectivity index (χ4n) is 1.85. The van der Waals surface area contributed by atoms with E-state index >= 15 is 0 Å². The van der Waals surface area contributed by atoms with Gasteiger partial charge in [-0.1, -0.05) is 43.7 Å². The molecule has 0 saturated carbocycles. The van der Waals surface area contributed by atoms with Crippen molar-refractivity contribution in [3.05, 3.63) is 41.5 Å². The highest BCUT2D eigenvalue weighted by Crippen LogP contribution is 2.11. The Kier molecular flexibility index (Phi) is 4.77. The first-order valence-corrected chi connectivity index (χ1v) is 6.39. The Labute approximate surface area is 103 Å². The average Bonchev–Trinajstić information content (AvgIpc) is 2.88. The summed E-state index contributed by atoms with van der Waals surface area (Å²) in [6.45, 7) is 3.62. The maximum Gasteiger partial charge on any atom is 0.177 e. The normalized spacial score (nSPS) is 17.0. The van der Waals surface area contributed by atoms with Crippen LogP contribution >= 0.6 is 0 Å². The number of ether oxygens (including phenoxy) is 2. The monoisotopic (exact) mass is 232 g/mol. The summed E-state index contributed by atoms with van der Waals surface area (Å²) >= 11 is 0. The molecule has 1 heterocycles. The summed E-state index contributed by atoms with van der Waals surface area (Å²) in [5.41, 5.74) is 2.61. The van der Waals surface area contributed by atoms with E-state index in [-0.39, 0.29) is 6.29 Å². The Hall–Kier alpha value is -1.12. The van der Waals surface area contributed by atoms with Crippen molar-refractivity contribution in [2.45, 2.75) is 32.5 Å². The van der Waals surface area contributed by atoms with Crippen molar-refractivity contribution in [3.63, 3.8) is 0 Å². The van der Waals surface area contributed by atoms with Gasteiger partial charge >= 0.3 is 0 Å².